The van der Waals surface area contributed by atoms with Crippen molar-refractivity contribution in [2.45, 2.75) is 36.9 Å². The van der Waals surface area contributed by atoms with E-state index in [1.807, 2.05) is 0 Å². The minimum Gasteiger partial charge on any atom is -0.504 e. The first-order valence-corrected chi connectivity index (χ1v) is 12.0. The van der Waals surface area contributed by atoms with Gasteiger partial charge in [-0.2, -0.15) is 0 Å². The van der Waals surface area contributed by atoms with Gasteiger partial charge in [-0.25, -0.2) is 0 Å². The summed E-state index contributed by atoms with van der Waals surface area (Å²) in [7, 11) is 0. The Morgan fingerprint density at radius 3 is 2.66 bits per heavy atom. The van der Waals surface area contributed by atoms with Gasteiger partial charge in [0.2, 0.25) is 17.7 Å². The fourth-order valence-electron chi connectivity index (χ4n) is 6.13. The van der Waals surface area contributed by atoms with E-state index >= 15 is 0 Å². The SMILES string of the molecule is O=C1C2C(Cc3ccc(O)c(O)c3)NC3(C(=O)Nc4ccc(Cl)cc43)C2C(=O)N1CC1CCCO1. The van der Waals surface area contributed by atoms with E-state index in [4.69, 9.17) is 16.3 Å². The lowest BCUT2D eigenvalue weighted by Gasteiger charge is -2.30. The number of likely N-dealkylation sites (tertiary alicyclic amines) is 1. The van der Waals surface area contributed by atoms with Crippen LogP contribution in [0.25, 0.3) is 0 Å². The van der Waals surface area contributed by atoms with Crippen LogP contribution in [0.3, 0.4) is 0 Å². The van der Waals surface area contributed by atoms with Crippen LogP contribution in [0.15, 0.2) is 36.4 Å². The molecule has 5 unspecified atom stereocenters. The largest absolute Gasteiger partial charge is 0.504 e. The van der Waals surface area contributed by atoms with E-state index in [1.54, 1.807) is 24.3 Å². The summed E-state index contributed by atoms with van der Waals surface area (Å²) in [5.41, 5.74) is 0.288. The smallest absolute Gasteiger partial charge is 0.250 e. The van der Waals surface area contributed by atoms with Gasteiger partial charge >= 0.3 is 0 Å². The number of benzene rings is 2. The zero-order chi connectivity index (χ0) is 24.5. The first-order chi connectivity index (χ1) is 16.8. The molecule has 5 atom stereocenters. The molecule has 4 heterocycles. The molecule has 1 spiro atoms. The molecule has 3 saturated heterocycles. The third-order valence-electron chi connectivity index (χ3n) is 7.67. The van der Waals surface area contributed by atoms with E-state index in [0.717, 1.165) is 12.8 Å². The number of hydrogen-bond acceptors (Lipinski definition) is 7. The van der Waals surface area contributed by atoms with Crippen molar-refractivity contribution in [1.29, 1.82) is 0 Å². The third kappa shape index (κ3) is 3.26. The standard InChI is InChI=1S/C25H24ClN3O6/c26-13-4-5-16-15(10-13)25(24(34)27-16)21-20(17(28-25)8-12-3-6-18(30)19(31)9-12)22(32)29(23(21)33)11-14-2-1-7-35-14/h3-6,9-10,14,17,20-21,28,30-31H,1-2,7-8,11H2,(H,27,34). The number of anilines is 1. The summed E-state index contributed by atoms with van der Waals surface area (Å²) in [6.45, 7) is 0.762. The normalized spacial score (nSPS) is 31.3. The average Bonchev–Trinajstić information content (AvgIpc) is 3.56. The summed E-state index contributed by atoms with van der Waals surface area (Å²) in [4.78, 5) is 42.3. The fourth-order valence-corrected chi connectivity index (χ4v) is 6.30. The molecule has 35 heavy (non-hydrogen) atoms. The summed E-state index contributed by atoms with van der Waals surface area (Å²) in [6.07, 6.45) is 1.69. The van der Waals surface area contributed by atoms with E-state index in [0.29, 0.717) is 28.4 Å². The number of imide groups is 1. The maximum atomic E-state index is 13.8. The van der Waals surface area contributed by atoms with Crippen LogP contribution in [-0.2, 0) is 31.1 Å². The lowest BCUT2D eigenvalue weighted by molar-refractivity contribution is -0.144. The Morgan fingerprint density at radius 1 is 1.09 bits per heavy atom. The van der Waals surface area contributed by atoms with Gasteiger partial charge in [0.1, 0.15) is 5.54 Å². The molecular formula is C25H24ClN3O6. The number of nitrogens with zero attached hydrogens (tertiary/aromatic N) is 1. The topological polar surface area (TPSA) is 128 Å². The number of phenols is 2. The van der Waals surface area contributed by atoms with Gasteiger partial charge in [0, 0.05) is 28.9 Å². The van der Waals surface area contributed by atoms with Crippen LogP contribution in [0.4, 0.5) is 5.69 Å². The summed E-state index contributed by atoms with van der Waals surface area (Å²) in [5, 5.41) is 26.3. The molecule has 0 saturated carbocycles. The predicted octanol–water partition coefficient (Wildman–Crippen LogP) is 1.89. The van der Waals surface area contributed by atoms with Crippen LogP contribution in [0.5, 0.6) is 11.5 Å². The molecular weight excluding hydrogens is 474 g/mol. The molecule has 2 aromatic rings. The summed E-state index contributed by atoms with van der Waals surface area (Å²) in [5.74, 6) is -3.42. The number of fused-ring (bicyclic) bond motifs is 4. The van der Waals surface area contributed by atoms with Crippen molar-refractivity contribution in [3.63, 3.8) is 0 Å². The van der Waals surface area contributed by atoms with Crippen molar-refractivity contribution in [1.82, 2.24) is 10.2 Å². The number of carbonyl (C=O) groups excluding carboxylic acids is 3. The van der Waals surface area contributed by atoms with Gasteiger partial charge in [0.25, 0.3) is 0 Å². The molecule has 0 aromatic heterocycles. The average molecular weight is 498 g/mol. The number of halogens is 1. The lowest BCUT2D eigenvalue weighted by atomic mass is 9.76. The molecule has 0 bridgehead atoms. The number of aromatic hydroxyl groups is 2. The highest BCUT2D eigenvalue weighted by atomic mass is 35.5. The minimum atomic E-state index is -1.45. The van der Waals surface area contributed by atoms with Crippen LogP contribution in [0, 0.1) is 11.8 Å². The second-order valence-corrected chi connectivity index (χ2v) is 10.1. The number of phenolic OH excluding ortho intramolecular Hbond substituents is 2. The Bertz CT molecular complexity index is 1260. The molecule has 182 valence electrons. The highest BCUT2D eigenvalue weighted by Crippen LogP contribution is 2.54. The fraction of sp³-hybridized carbons (Fsp3) is 0.400. The van der Waals surface area contributed by atoms with Crippen molar-refractivity contribution in [2.24, 2.45) is 11.8 Å². The van der Waals surface area contributed by atoms with Crippen LogP contribution >= 0.6 is 11.6 Å². The molecule has 3 fully saturated rings. The van der Waals surface area contributed by atoms with Gasteiger partial charge in [-0.1, -0.05) is 17.7 Å². The van der Waals surface area contributed by atoms with E-state index in [-0.39, 0.29) is 36.5 Å². The van der Waals surface area contributed by atoms with Crippen LogP contribution in [0.1, 0.15) is 24.0 Å². The van der Waals surface area contributed by atoms with Gasteiger partial charge < -0.3 is 20.3 Å². The second-order valence-electron chi connectivity index (χ2n) is 9.66. The molecule has 4 aliphatic rings. The van der Waals surface area contributed by atoms with Crippen molar-refractivity contribution >= 4 is 35.0 Å². The maximum Gasteiger partial charge on any atom is 0.250 e. The second kappa shape index (κ2) is 7.94. The Labute approximate surface area is 206 Å². The highest BCUT2D eigenvalue weighted by molar-refractivity contribution is 6.31. The Kier molecular flexibility index (Phi) is 5.07. The monoisotopic (exact) mass is 497 g/mol. The molecule has 6 rings (SSSR count). The number of nitrogens with one attached hydrogen (secondary N) is 2. The first kappa shape index (κ1) is 22.3. The zero-order valence-corrected chi connectivity index (χ0v) is 19.4. The van der Waals surface area contributed by atoms with Crippen LogP contribution in [0.2, 0.25) is 5.02 Å². The predicted molar refractivity (Wildman–Crippen MR) is 125 cm³/mol. The number of hydrogen-bond donors (Lipinski definition) is 4. The quantitative estimate of drug-likeness (QED) is 0.375. The number of rotatable bonds is 4. The Morgan fingerprint density at radius 2 is 1.91 bits per heavy atom. The Balaban J connectivity index is 1.43. The maximum absolute atomic E-state index is 13.8. The van der Waals surface area contributed by atoms with Crippen molar-refractivity contribution in [3.05, 3.63) is 52.5 Å². The van der Waals surface area contributed by atoms with E-state index in [2.05, 4.69) is 10.6 Å². The summed E-state index contributed by atoms with van der Waals surface area (Å²) in [6, 6.07) is 8.87. The molecule has 4 N–H and O–H groups in total. The van der Waals surface area contributed by atoms with E-state index in [9.17, 15) is 24.6 Å². The summed E-state index contributed by atoms with van der Waals surface area (Å²) >= 11 is 6.28. The van der Waals surface area contributed by atoms with Gasteiger partial charge in [-0.3, -0.25) is 24.6 Å². The first-order valence-electron chi connectivity index (χ1n) is 11.7. The van der Waals surface area contributed by atoms with Gasteiger partial charge in [0.15, 0.2) is 11.5 Å². The van der Waals surface area contributed by atoms with Gasteiger partial charge in [-0.05, 0) is 55.2 Å². The van der Waals surface area contributed by atoms with Gasteiger partial charge in [-0.15, -0.1) is 0 Å². The van der Waals surface area contributed by atoms with Crippen molar-refractivity contribution in [2.75, 3.05) is 18.5 Å². The van der Waals surface area contributed by atoms with Gasteiger partial charge in [0.05, 0.1) is 24.5 Å². The Hall–Kier alpha value is -3.14. The number of carbonyl (C=O) groups is 3. The molecule has 2 aromatic carbocycles. The lowest BCUT2D eigenvalue weighted by Crippen LogP contribution is -2.54. The number of amides is 3. The molecule has 9 nitrogen and oxygen atoms in total. The van der Waals surface area contributed by atoms with Crippen molar-refractivity contribution in [3.8, 4) is 11.5 Å². The van der Waals surface area contributed by atoms with Crippen molar-refractivity contribution < 1.29 is 29.3 Å². The number of ether oxygens (including phenoxy) is 1. The molecule has 0 radical (unpaired) electrons. The molecule has 0 aliphatic carbocycles. The summed E-state index contributed by atoms with van der Waals surface area (Å²) < 4.78 is 5.68. The van der Waals surface area contributed by atoms with Crippen LogP contribution in [-0.4, -0.2) is 58.1 Å². The minimum absolute atomic E-state index is 0.164. The highest BCUT2D eigenvalue weighted by Gasteiger charge is 2.70. The van der Waals surface area contributed by atoms with E-state index in [1.165, 1.54) is 17.0 Å². The van der Waals surface area contributed by atoms with E-state index < -0.39 is 35.2 Å². The molecule has 3 amide bonds. The third-order valence-corrected chi connectivity index (χ3v) is 7.91. The molecule has 4 aliphatic heterocycles. The van der Waals surface area contributed by atoms with Crippen LogP contribution < -0.4 is 10.6 Å². The molecule has 10 heteroatoms. The zero-order valence-electron chi connectivity index (χ0n) is 18.7.